The van der Waals surface area contributed by atoms with Crippen molar-refractivity contribution in [2.75, 3.05) is 11.9 Å². The second-order valence-electron chi connectivity index (χ2n) is 5.55. The summed E-state index contributed by atoms with van der Waals surface area (Å²) in [6.07, 6.45) is 0. The Morgan fingerprint density at radius 2 is 1.62 bits per heavy atom. The van der Waals surface area contributed by atoms with Crippen LogP contribution in [0.4, 0.5) is 14.9 Å². The van der Waals surface area contributed by atoms with Crippen molar-refractivity contribution in [1.82, 2.24) is 10.6 Å². The molecule has 0 aliphatic heterocycles. The SMILES string of the molecule is Cc1ccc(CNC(=O)NCC(=O)Nc2ccc(C)cc2F)cc1. The van der Waals surface area contributed by atoms with Crippen LogP contribution in [0, 0.1) is 19.7 Å². The van der Waals surface area contributed by atoms with E-state index in [-0.39, 0.29) is 12.2 Å². The Balaban J connectivity index is 1.74. The van der Waals surface area contributed by atoms with Gasteiger partial charge in [-0.2, -0.15) is 0 Å². The molecule has 0 aliphatic carbocycles. The molecule has 0 spiro atoms. The highest BCUT2D eigenvalue weighted by molar-refractivity contribution is 5.94. The normalized spacial score (nSPS) is 10.1. The second-order valence-corrected chi connectivity index (χ2v) is 5.55. The van der Waals surface area contributed by atoms with Gasteiger partial charge in [0.05, 0.1) is 12.2 Å². The van der Waals surface area contributed by atoms with Crippen LogP contribution in [0.5, 0.6) is 0 Å². The molecule has 2 aromatic rings. The van der Waals surface area contributed by atoms with Gasteiger partial charge in [0.1, 0.15) is 5.82 Å². The first-order valence-corrected chi connectivity index (χ1v) is 7.57. The minimum absolute atomic E-state index is 0.0902. The van der Waals surface area contributed by atoms with Gasteiger partial charge < -0.3 is 16.0 Å². The predicted molar refractivity (Wildman–Crippen MR) is 91.2 cm³/mol. The van der Waals surface area contributed by atoms with Gasteiger partial charge in [0.2, 0.25) is 5.91 Å². The van der Waals surface area contributed by atoms with Gasteiger partial charge in [0.25, 0.3) is 0 Å². The summed E-state index contributed by atoms with van der Waals surface area (Å²) in [4.78, 5) is 23.4. The molecule has 5 nitrogen and oxygen atoms in total. The van der Waals surface area contributed by atoms with E-state index in [1.54, 1.807) is 13.0 Å². The Bertz CT molecular complexity index is 730. The summed E-state index contributed by atoms with van der Waals surface area (Å²) in [5, 5.41) is 7.50. The van der Waals surface area contributed by atoms with Crippen molar-refractivity contribution in [2.24, 2.45) is 0 Å². The van der Waals surface area contributed by atoms with Crippen LogP contribution in [-0.4, -0.2) is 18.5 Å². The number of carbonyl (C=O) groups excluding carboxylic acids is 2. The molecule has 24 heavy (non-hydrogen) atoms. The molecule has 0 atom stereocenters. The van der Waals surface area contributed by atoms with Gasteiger partial charge in [-0.1, -0.05) is 35.9 Å². The molecule has 0 heterocycles. The van der Waals surface area contributed by atoms with Crippen molar-refractivity contribution in [2.45, 2.75) is 20.4 Å². The molecule has 0 radical (unpaired) electrons. The quantitative estimate of drug-likeness (QED) is 0.789. The number of aryl methyl sites for hydroxylation is 2. The molecule has 2 rings (SSSR count). The number of urea groups is 1. The molecule has 6 heteroatoms. The molecule has 0 saturated heterocycles. The second kappa shape index (κ2) is 8.10. The average molecular weight is 329 g/mol. The zero-order valence-corrected chi connectivity index (χ0v) is 13.7. The van der Waals surface area contributed by atoms with E-state index in [9.17, 15) is 14.0 Å². The lowest BCUT2D eigenvalue weighted by atomic mass is 10.1. The van der Waals surface area contributed by atoms with Crippen molar-refractivity contribution in [3.05, 3.63) is 65.0 Å². The van der Waals surface area contributed by atoms with Gasteiger partial charge in [-0.05, 0) is 37.1 Å². The highest BCUT2D eigenvalue weighted by Gasteiger charge is 2.08. The molecule has 2 aromatic carbocycles. The van der Waals surface area contributed by atoms with Crippen LogP contribution in [0.15, 0.2) is 42.5 Å². The maximum Gasteiger partial charge on any atom is 0.315 e. The number of anilines is 1. The zero-order chi connectivity index (χ0) is 17.5. The fourth-order valence-corrected chi connectivity index (χ4v) is 2.03. The first-order chi connectivity index (χ1) is 11.4. The molecule has 0 bridgehead atoms. The first-order valence-electron chi connectivity index (χ1n) is 7.57. The number of benzene rings is 2. The maximum atomic E-state index is 13.6. The van der Waals surface area contributed by atoms with E-state index in [0.717, 1.165) is 16.7 Å². The number of amides is 3. The summed E-state index contributed by atoms with van der Waals surface area (Å²) in [6, 6.07) is 11.8. The minimum atomic E-state index is -0.507. The predicted octanol–water partition coefficient (Wildman–Crippen LogP) is 2.88. The molecule has 0 unspecified atom stereocenters. The first kappa shape index (κ1) is 17.5. The number of nitrogens with one attached hydrogen (secondary N) is 3. The summed E-state index contributed by atoms with van der Waals surface area (Å²) in [5.74, 6) is -1.00. The third-order valence-electron chi connectivity index (χ3n) is 3.38. The average Bonchev–Trinajstić information content (AvgIpc) is 2.55. The standard InChI is InChI=1S/C18H20FN3O2/c1-12-3-6-14(7-4-12)10-20-18(24)21-11-17(23)22-16-8-5-13(2)9-15(16)19/h3-9H,10-11H2,1-2H3,(H,22,23)(H2,20,21,24). The largest absolute Gasteiger partial charge is 0.334 e. The number of hydrogen-bond acceptors (Lipinski definition) is 2. The van der Waals surface area contributed by atoms with E-state index in [2.05, 4.69) is 16.0 Å². The van der Waals surface area contributed by atoms with Crippen LogP contribution in [-0.2, 0) is 11.3 Å². The number of carbonyl (C=O) groups is 2. The zero-order valence-electron chi connectivity index (χ0n) is 13.7. The Hall–Kier alpha value is -2.89. The molecule has 0 saturated carbocycles. The van der Waals surface area contributed by atoms with Gasteiger partial charge in [0.15, 0.2) is 0 Å². The summed E-state index contributed by atoms with van der Waals surface area (Å²) < 4.78 is 13.6. The summed E-state index contributed by atoms with van der Waals surface area (Å²) in [7, 11) is 0. The molecule has 0 aliphatic rings. The maximum absolute atomic E-state index is 13.6. The van der Waals surface area contributed by atoms with Crippen LogP contribution in [0.3, 0.4) is 0 Å². The van der Waals surface area contributed by atoms with Gasteiger partial charge in [-0.25, -0.2) is 9.18 Å². The molecule has 0 fully saturated rings. The van der Waals surface area contributed by atoms with Crippen molar-refractivity contribution in [1.29, 1.82) is 0 Å². The van der Waals surface area contributed by atoms with E-state index < -0.39 is 17.8 Å². The molecular weight excluding hydrogens is 309 g/mol. The van der Waals surface area contributed by atoms with Crippen LogP contribution in [0.2, 0.25) is 0 Å². The fraction of sp³-hybridized carbons (Fsp3) is 0.222. The lowest BCUT2D eigenvalue weighted by molar-refractivity contribution is -0.115. The molecule has 126 valence electrons. The Morgan fingerprint density at radius 3 is 2.29 bits per heavy atom. The molecule has 3 N–H and O–H groups in total. The van der Waals surface area contributed by atoms with E-state index >= 15 is 0 Å². The monoisotopic (exact) mass is 329 g/mol. The van der Waals surface area contributed by atoms with E-state index in [1.165, 1.54) is 12.1 Å². The van der Waals surface area contributed by atoms with Crippen LogP contribution >= 0.6 is 0 Å². The van der Waals surface area contributed by atoms with E-state index in [1.807, 2.05) is 31.2 Å². The number of hydrogen-bond donors (Lipinski definition) is 3. The number of rotatable bonds is 5. The Labute approximate surface area is 140 Å². The van der Waals surface area contributed by atoms with Gasteiger partial charge in [0, 0.05) is 6.54 Å². The molecule has 3 amide bonds. The van der Waals surface area contributed by atoms with Crippen molar-refractivity contribution < 1.29 is 14.0 Å². The summed E-state index contributed by atoms with van der Waals surface area (Å²) in [6.45, 7) is 3.86. The highest BCUT2D eigenvalue weighted by atomic mass is 19.1. The van der Waals surface area contributed by atoms with Crippen molar-refractivity contribution in [3.63, 3.8) is 0 Å². The van der Waals surface area contributed by atoms with Crippen LogP contribution < -0.4 is 16.0 Å². The highest BCUT2D eigenvalue weighted by Crippen LogP contribution is 2.14. The Morgan fingerprint density at radius 1 is 0.958 bits per heavy atom. The fourth-order valence-electron chi connectivity index (χ4n) is 2.03. The van der Waals surface area contributed by atoms with E-state index in [4.69, 9.17) is 0 Å². The third-order valence-corrected chi connectivity index (χ3v) is 3.38. The lowest BCUT2D eigenvalue weighted by Gasteiger charge is -2.09. The van der Waals surface area contributed by atoms with E-state index in [0.29, 0.717) is 6.54 Å². The van der Waals surface area contributed by atoms with Crippen molar-refractivity contribution in [3.8, 4) is 0 Å². The third kappa shape index (κ3) is 5.39. The minimum Gasteiger partial charge on any atom is -0.334 e. The molecule has 0 aromatic heterocycles. The van der Waals surface area contributed by atoms with Gasteiger partial charge in [-0.15, -0.1) is 0 Å². The van der Waals surface area contributed by atoms with Gasteiger partial charge >= 0.3 is 6.03 Å². The van der Waals surface area contributed by atoms with Gasteiger partial charge in [-0.3, -0.25) is 4.79 Å². The summed E-state index contributed by atoms with van der Waals surface area (Å²) in [5.41, 5.74) is 2.96. The summed E-state index contributed by atoms with van der Waals surface area (Å²) >= 11 is 0. The van der Waals surface area contributed by atoms with Crippen molar-refractivity contribution >= 4 is 17.6 Å². The number of halogens is 1. The molecular formula is C18H20FN3O2. The van der Waals surface area contributed by atoms with Crippen LogP contribution in [0.1, 0.15) is 16.7 Å². The Kier molecular flexibility index (Phi) is 5.89. The van der Waals surface area contributed by atoms with Crippen LogP contribution in [0.25, 0.3) is 0 Å². The topological polar surface area (TPSA) is 70.2 Å². The lowest BCUT2D eigenvalue weighted by Crippen LogP contribution is -2.39. The smallest absolute Gasteiger partial charge is 0.315 e.